The van der Waals surface area contributed by atoms with Crippen LogP contribution in [0.3, 0.4) is 0 Å². The van der Waals surface area contributed by atoms with Gasteiger partial charge in [0.05, 0.1) is 16.5 Å². The third kappa shape index (κ3) is 4.29. The van der Waals surface area contributed by atoms with Gasteiger partial charge in [0.25, 0.3) is 5.56 Å². The number of carbonyl (C=O) groups is 1. The van der Waals surface area contributed by atoms with Crippen LogP contribution >= 0.6 is 11.8 Å². The van der Waals surface area contributed by atoms with E-state index in [1.165, 1.54) is 17.8 Å². The summed E-state index contributed by atoms with van der Waals surface area (Å²) < 4.78 is 0. The number of fused-ring (bicyclic) bond motifs is 1. The predicted octanol–water partition coefficient (Wildman–Crippen LogP) is 3.39. The van der Waals surface area contributed by atoms with Crippen molar-refractivity contribution in [1.82, 2.24) is 15.0 Å². The number of hydrogen-bond donors (Lipinski definition) is 2. The minimum absolute atomic E-state index is 0.158. The maximum Gasteiger partial charge on any atom is 0.251 e. The molecule has 2 N–H and O–H groups in total. The molecule has 0 saturated heterocycles. The summed E-state index contributed by atoms with van der Waals surface area (Å²) in [7, 11) is 0. The number of thioether (sulfide) groups is 1. The number of amides is 1. The third-order valence-electron chi connectivity index (χ3n) is 3.84. The Bertz CT molecular complexity index is 981. The molecule has 2 aromatic heterocycles. The zero-order valence-corrected chi connectivity index (χ0v) is 15.5. The van der Waals surface area contributed by atoms with Crippen LogP contribution in [-0.2, 0) is 11.2 Å². The zero-order valence-electron chi connectivity index (χ0n) is 14.7. The van der Waals surface area contributed by atoms with E-state index in [0.29, 0.717) is 10.8 Å². The highest BCUT2D eigenvalue weighted by Gasteiger charge is 2.17. The first-order valence-electron chi connectivity index (χ1n) is 8.48. The van der Waals surface area contributed by atoms with E-state index < -0.39 is 5.25 Å². The van der Waals surface area contributed by atoms with Crippen molar-refractivity contribution in [3.05, 3.63) is 58.6 Å². The van der Waals surface area contributed by atoms with Crippen molar-refractivity contribution in [3.63, 3.8) is 0 Å². The van der Waals surface area contributed by atoms with Gasteiger partial charge in [-0.2, -0.15) is 0 Å². The summed E-state index contributed by atoms with van der Waals surface area (Å²) in [5, 5.41) is 3.87. The molecule has 0 saturated carbocycles. The maximum atomic E-state index is 12.6. The largest absolute Gasteiger partial charge is 0.324 e. The minimum atomic E-state index is -0.415. The lowest BCUT2D eigenvalue weighted by molar-refractivity contribution is -0.115. The maximum absolute atomic E-state index is 12.6. The number of H-pyrrole nitrogens is 1. The van der Waals surface area contributed by atoms with Crippen molar-refractivity contribution in [2.45, 2.75) is 37.1 Å². The number of aryl methyl sites for hydroxylation is 1. The number of aromatic amines is 1. The summed E-state index contributed by atoms with van der Waals surface area (Å²) in [5.74, 6) is -0.158. The van der Waals surface area contributed by atoms with Gasteiger partial charge in [0.15, 0.2) is 5.16 Å². The molecule has 0 aliphatic heterocycles. The van der Waals surface area contributed by atoms with Crippen LogP contribution in [-0.4, -0.2) is 26.1 Å². The first-order valence-corrected chi connectivity index (χ1v) is 9.36. The fourth-order valence-corrected chi connectivity index (χ4v) is 3.42. The number of hydrogen-bond acceptors (Lipinski definition) is 5. The summed E-state index contributed by atoms with van der Waals surface area (Å²) in [4.78, 5) is 35.7. The predicted molar refractivity (Wildman–Crippen MR) is 105 cm³/mol. The number of aromatic nitrogens is 3. The van der Waals surface area contributed by atoms with Gasteiger partial charge in [0, 0.05) is 23.3 Å². The molecule has 2 heterocycles. The molecule has 3 rings (SSSR count). The molecule has 7 heteroatoms. The third-order valence-corrected chi connectivity index (χ3v) is 4.82. The number of carbonyl (C=O) groups excluding carboxylic acids is 1. The Morgan fingerprint density at radius 1 is 1.31 bits per heavy atom. The van der Waals surface area contributed by atoms with Gasteiger partial charge < -0.3 is 10.3 Å². The van der Waals surface area contributed by atoms with E-state index in [1.807, 2.05) is 37.3 Å². The quantitative estimate of drug-likeness (QED) is 0.514. The van der Waals surface area contributed by atoms with Gasteiger partial charge in [-0.05, 0) is 37.6 Å². The van der Waals surface area contributed by atoms with Crippen LogP contribution in [0.2, 0.25) is 0 Å². The first kappa shape index (κ1) is 18.1. The molecular weight excluding hydrogens is 348 g/mol. The van der Waals surface area contributed by atoms with Crippen molar-refractivity contribution in [3.8, 4) is 0 Å². The van der Waals surface area contributed by atoms with Crippen LogP contribution in [0.15, 0.2) is 52.5 Å². The summed E-state index contributed by atoms with van der Waals surface area (Å²) >= 11 is 1.24. The Hall–Kier alpha value is -2.67. The Balaban J connectivity index is 1.75. The molecule has 0 radical (unpaired) electrons. The second-order valence-electron chi connectivity index (χ2n) is 5.92. The second-order valence-corrected chi connectivity index (χ2v) is 7.25. The molecule has 1 aromatic carbocycles. The highest BCUT2D eigenvalue weighted by Crippen LogP contribution is 2.24. The lowest BCUT2D eigenvalue weighted by atomic mass is 10.2. The van der Waals surface area contributed by atoms with Crippen molar-refractivity contribution in [2.75, 3.05) is 5.32 Å². The molecule has 6 nitrogen and oxygen atoms in total. The topological polar surface area (TPSA) is 87.7 Å². The van der Waals surface area contributed by atoms with Crippen molar-refractivity contribution in [2.24, 2.45) is 0 Å². The summed E-state index contributed by atoms with van der Waals surface area (Å²) in [6, 6.07) is 10.9. The van der Waals surface area contributed by atoms with E-state index in [-0.39, 0.29) is 11.5 Å². The van der Waals surface area contributed by atoms with Gasteiger partial charge >= 0.3 is 0 Å². The molecule has 0 aliphatic rings. The van der Waals surface area contributed by atoms with E-state index in [9.17, 15) is 9.59 Å². The van der Waals surface area contributed by atoms with Gasteiger partial charge in [-0.1, -0.05) is 31.2 Å². The van der Waals surface area contributed by atoms with Crippen LogP contribution in [0, 0.1) is 0 Å². The molecule has 0 aliphatic carbocycles. The Morgan fingerprint density at radius 3 is 2.96 bits per heavy atom. The molecule has 1 amide bonds. The number of rotatable bonds is 6. The molecule has 0 bridgehead atoms. The molecule has 134 valence electrons. The second kappa shape index (κ2) is 8.14. The van der Waals surface area contributed by atoms with Crippen molar-refractivity contribution in [1.29, 1.82) is 0 Å². The lowest BCUT2D eigenvalue weighted by Gasteiger charge is -2.13. The molecular formula is C19H20N4O2S. The van der Waals surface area contributed by atoms with Gasteiger partial charge in [-0.15, -0.1) is 0 Å². The van der Waals surface area contributed by atoms with E-state index in [4.69, 9.17) is 0 Å². The van der Waals surface area contributed by atoms with Gasteiger partial charge in [-0.25, -0.2) is 4.98 Å². The number of pyridine rings is 1. The highest BCUT2D eigenvalue weighted by molar-refractivity contribution is 8.00. The van der Waals surface area contributed by atoms with Crippen LogP contribution in [0.25, 0.3) is 10.9 Å². The van der Waals surface area contributed by atoms with E-state index in [2.05, 4.69) is 20.3 Å². The summed E-state index contributed by atoms with van der Waals surface area (Å²) in [6.45, 7) is 3.82. The Morgan fingerprint density at radius 2 is 2.15 bits per heavy atom. The van der Waals surface area contributed by atoms with E-state index in [1.54, 1.807) is 13.1 Å². The molecule has 1 unspecified atom stereocenters. The van der Waals surface area contributed by atoms with E-state index >= 15 is 0 Å². The van der Waals surface area contributed by atoms with Crippen LogP contribution in [0.1, 0.15) is 26.0 Å². The minimum Gasteiger partial charge on any atom is -0.324 e. The molecule has 0 spiro atoms. The molecule has 26 heavy (non-hydrogen) atoms. The summed E-state index contributed by atoms with van der Waals surface area (Å²) in [6.07, 6.45) is 3.37. The van der Waals surface area contributed by atoms with Gasteiger partial charge in [0.2, 0.25) is 5.91 Å². The normalized spacial score (nSPS) is 12.1. The van der Waals surface area contributed by atoms with Crippen LogP contribution < -0.4 is 10.9 Å². The Labute approximate surface area is 155 Å². The van der Waals surface area contributed by atoms with Crippen molar-refractivity contribution < 1.29 is 4.79 Å². The smallest absolute Gasteiger partial charge is 0.251 e. The Kier molecular flexibility index (Phi) is 5.68. The standard InChI is InChI=1S/C19H20N4O2S/c1-3-6-13-11-17(24)23-19(21-13)26-12(2)18(25)22-16-9-4-8-15-14(16)7-5-10-20-15/h4-5,7-12H,3,6H2,1-2H3,(H,22,25)(H,21,23,24). The van der Waals surface area contributed by atoms with Crippen LogP contribution in [0.4, 0.5) is 5.69 Å². The average molecular weight is 368 g/mol. The molecule has 3 aromatic rings. The monoisotopic (exact) mass is 368 g/mol. The highest BCUT2D eigenvalue weighted by atomic mass is 32.2. The first-order chi connectivity index (χ1) is 12.6. The average Bonchev–Trinajstić information content (AvgIpc) is 2.61. The van der Waals surface area contributed by atoms with Gasteiger partial charge in [-0.3, -0.25) is 14.6 Å². The number of anilines is 1. The van der Waals surface area contributed by atoms with Crippen molar-refractivity contribution >= 4 is 34.3 Å². The fourth-order valence-electron chi connectivity index (χ4n) is 2.59. The van der Waals surface area contributed by atoms with Crippen LogP contribution in [0.5, 0.6) is 0 Å². The summed E-state index contributed by atoms with van der Waals surface area (Å²) in [5.41, 5.74) is 2.09. The van der Waals surface area contributed by atoms with E-state index in [0.717, 1.165) is 29.4 Å². The van der Waals surface area contributed by atoms with Gasteiger partial charge in [0.1, 0.15) is 0 Å². The number of nitrogens with one attached hydrogen (secondary N) is 2. The SMILES string of the molecule is CCCc1cc(=O)[nH]c(SC(C)C(=O)Nc2cccc3ncccc23)n1. The fraction of sp³-hybridized carbons (Fsp3) is 0.263. The number of nitrogens with zero attached hydrogens (tertiary/aromatic N) is 2. The lowest BCUT2D eigenvalue weighted by Crippen LogP contribution is -2.23. The number of benzene rings is 1. The molecule has 1 atom stereocenters. The zero-order chi connectivity index (χ0) is 18.5. The molecule has 0 fully saturated rings.